The molecule has 1 aromatic carbocycles. The average molecular weight is 411 g/mol. The zero-order chi connectivity index (χ0) is 21.2. The van der Waals surface area contributed by atoms with Crippen LogP contribution in [0.5, 0.6) is 0 Å². The normalized spacial score (nSPS) is 24.2. The number of benzene rings is 1. The molecule has 6 nitrogen and oxygen atoms in total. The zero-order valence-electron chi connectivity index (χ0n) is 17.7. The molecule has 2 N–H and O–H groups in total. The molecular formula is C21H34N2O4S. The predicted octanol–water partition coefficient (Wildman–Crippen LogP) is 2.59. The Morgan fingerprint density at radius 1 is 1.07 bits per heavy atom. The van der Waals surface area contributed by atoms with Gasteiger partial charge in [0.1, 0.15) is 11.1 Å². The van der Waals surface area contributed by atoms with Gasteiger partial charge in [-0.2, -0.15) is 8.42 Å². The van der Waals surface area contributed by atoms with Crippen LogP contribution < -0.4 is 5.06 Å². The summed E-state index contributed by atoms with van der Waals surface area (Å²) in [6, 6.07) is 5.99. The van der Waals surface area contributed by atoms with Gasteiger partial charge in [-0.3, -0.25) is 9.45 Å². The Labute approximate surface area is 169 Å². The van der Waals surface area contributed by atoms with Gasteiger partial charge < -0.3 is 10.3 Å². The molecule has 158 valence electrons. The highest BCUT2D eigenvalue weighted by molar-refractivity contribution is 7.85. The van der Waals surface area contributed by atoms with Crippen molar-refractivity contribution in [1.82, 2.24) is 4.90 Å². The molecule has 7 heteroatoms. The molecule has 28 heavy (non-hydrogen) atoms. The number of hydrogen-bond acceptors (Lipinski definition) is 4. The number of aryl methyl sites for hydroxylation is 1. The monoisotopic (exact) mass is 410 g/mol. The maximum Gasteiger partial charge on any atom is 0.294 e. The second-order valence-corrected chi connectivity index (χ2v) is 10.4. The van der Waals surface area contributed by atoms with E-state index in [0.29, 0.717) is 5.06 Å². The molecule has 2 aliphatic heterocycles. The maximum absolute atomic E-state index is 12.3. The molecule has 0 aliphatic carbocycles. The Bertz CT molecular complexity index is 792. The highest BCUT2D eigenvalue weighted by Gasteiger charge is 2.45. The van der Waals surface area contributed by atoms with Gasteiger partial charge in [-0.05, 0) is 78.8 Å². The Hall–Kier alpha value is -1.25. The molecule has 1 unspecified atom stereocenters. The summed E-state index contributed by atoms with van der Waals surface area (Å²) in [5.41, 5.74) is 1.75. The number of piperidine rings is 1. The fraction of sp³-hybridized carbons (Fsp3) is 0.619. The Morgan fingerprint density at radius 3 is 2.04 bits per heavy atom. The third-order valence-corrected chi connectivity index (χ3v) is 6.52. The SMILES string of the molecule is CC1(C)C=C(CN2CCCCC2)C(C)(C)[NH+]1[O-].Cc1ccc(S(=O)(=O)O)cc1. The Balaban J connectivity index is 0.000000221. The Morgan fingerprint density at radius 2 is 1.61 bits per heavy atom. The second-order valence-electron chi connectivity index (χ2n) is 8.97. The van der Waals surface area contributed by atoms with E-state index in [2.05, 4.69) is 24.8 Å². The van der Waals surface area contributed by atoms with Crippen molar-refractivity contribution in [3.63, 3.8) is 0 Å². The molecule has 1 fully saturated rings. The van der Waals surface area contributed by atoms with E-state index in [-0.39, 0.29) is 16.0 Å². The summed E-state index contributed by atoms with van der Waals surface area (Å²) in [5, 5.41) is 12.7. The highest BCUT2D eigenvalue weighted by atomic mass is 32.2. The van der Waals surface area contributed by atoms with Gasteiger partial charge in [-0.25, -0.2) is 0 Å². The summed E-state index contributed by atoms with van der Waals surface area (Å²) in [4.78, 5) is 2.44. The fourth-order valence-electron chi connectivity index (χ4n) is 3.94. The van der Waals surface area contributed by atoms with E-state index >= 15 is 0 Å². The molecule has 2 aliphatic rings. The third kappa shape index (κ3) is 5.64. The smallest absolute Gasteiger partial charge is 0.294 e. The molecule has 1 atom stereocenters. The lowest BCUT2D eigenvalue weighted by molar-refractivity contribution is -0.927. The van der Waals surface area contributed by atoms with Crippen LogP contribution >= 0.6 is 0 Å². The van der Waals surface area contributed by atoms with E-state index in [9.17, 15) is 13.6 Å². The van der Waals surface area contributed by atoms with Crippen LogP contribution in [-0.4, -0.2) is 48.6 Å². The lowest BCUT2D eigenvalue weighted by atomic mass is 9.95. The van der Waals surface area contributed by atoms with Crippen LogP contribution in [0, 0.1) is 12.1 Å². The van der Waals surface area contributed by atoms with Crippen LogP contribution in [0.2, 0.25) is 0 Å². The van der Waals surface area contributed by atoms with E-state index < -0.39 is 10.1 Å². The van der Waals surface area contributed by atoms with Crippen LogP contribution in [0.15, 0.2) is 40.8 Å². The lowest BCUT2D eigenvalue weighted by Gasteiger charge is -2.42. The number of hydrogen-bond donors (Lipinski definition) is 2. The molecule has 1 saturated heterocycles. The van der Waals surface area contributed by atoms with Crippen LogP contribution in [0.3, 0.4) is 0 Å². The summed E-state index contributed by atoms with van der Waals surface area (Å²) >= 11 is 0. The van der Waals surface area contributed by atoms with E-state index in [0.717, 1.165) is 12.1 Å². The van der Waals surface area contributed by atoms with Gasteiger partial charge in [0, 0.05) is 12.1 Å². The minimum Gasteiger partial charge on any atom is -0.633 e. The van der Waals surface area contributed by atoms with Crippen LogP contribution in [0.4, 0.5) is 0 Å². The summed E-state index contributed by atoms with van der Waals surface area (Å²) in [6.07, 6.45) is 6.20. The summed E-state index contributed by atoms with van der Waals surface area (Å²) < 4.78 is 29.6. The molecule has 3 rings (SSSR count). The highest BCUT2D eigenvalue weighted by Crippen LogP contribution is 2.26. The summed E-state index contributed by atoms with van der Waals surface area (Å²) in [5.74, 6) is 0. The molecule has 0 radical (unpaired) electrons. The van der Waals surface area contributed by atoms with Crippen molar-refractivity contribution in [2.24, 2.45) is 0 Å². The number of likely N-dealkylation sites (tertiary alicyclic amines) is 1. The largest absolute Gasteiger partial charge is 0.633 e. The van der Waals surface area contributed by atoms with Crippen LogP contribution in [0.25, 0.3) is 0 Å². The van der Waals surface area contributed by atoms with Gasteiger partial charge in [0.2, 0.25) is 0 Å². The molecule has 1 aromatic rings. The van der Waals surface area contributed by atoms with Crippen LogP contribution in [0.1, 0.15) is 52.5 Å². The second kappa shape index (κ2) is 8.63. The number of quaternary nitrogens is 1. The minimum atomic E-state index is -4.02. The first-order valence-corrected chi connectivity index (χ1v) is 11.3. The van der Waals surface area contributed by atoms with Gasteiger partial charge in [0.05, 0.1) is 4.90 Å². The van der Waals surface area contributed by atoms with E-state index in [1.54, 1.807) is 12.1 Å². The van der Waals surface area contributed by atoms with E-state index in [1.807, 2.05) is 20.8 Å². The summed E-state index contributed by atoms with van der Waals surface area (Å²) in [7, 11) is -4.02. The number of hydroxylamine groups is 2. The zero-order valence-corrected chi connectivity index (χ0v) is 18.5. The van der Waals surface area contributed by atoms with Crippen molar-refractivity contribution in [1.29, 1.82) is 0 Å². The maximum atomic E-state index is 12.3. The molecule has 2 heterocycles. The first-order valence-electron chi connectivity index (χ1n) is 9.88. The van der Waals surface area contributed by atoms with Crippen molar-refractivity contribution < 1.29 is 18.0 Å². The fourth-order valence-corrected chi connectivity index (χ4v) is 4.42. The standard InChI is InChI=1S/C14H26N2O.C7H8O3S/c1-13(2)10-12(14(3,4)16(13)17)11-15-8-6-5-7-9-15;1-6-2-4-7(5-3-6)11(8,9)10/h10,16H,5-9,11H2,1-4H3;2-5H,1H3,(H,8,9,10). The minimum absolute atomic E-state index is 0.0666. The lowest BCUT2D eigenvalue weighted by Crippen LogP contribution is -3.20. The van der Waals surface area contributed by atoms with Crippen molar-refractivity contribution in [3.8, 4) is 0 Å². The number of nitrogens with one attached hydrogen (secondary N) is 1. The quantitative estimate of drug-likeness (QED) is 0.454. The van der Waals surface area contributed by atoms with Crippen molar-refractivity contribution in [2.45, 2.75) is 69.9 Å². The first-order chi connectivity index (χ1) is 12.8. The van der Waals surface area contributed by atoms with Gasteiger partial charge in [-0.1, -0.05) is 24.1 Å². The average Bonchev–Trinajstić information content (AvgIpc) is 2.75. The topological polar surface area (TPSA) is 85.1 Å². The number of rotatable bonds is 3. The van der Waals surface area contributed by atoms with E-state index in [4.69, 9.17) is 4.55 Å². The van der Waals surface area contributed by atoms with Gasteiger partial charge in [0.25, 0.3) is 10.1 Å². The third-order valence-electron chi connectivity index (χ3n) is 5.65. The predicted molar refractivity (Wildman–Crippen MR) is 112 cm³/mol. The molecular weight excluding hydrogens is 376 g/mol. The van der Waals surface area contributed by atoms with Crippen molar-refractivity contribution >= 4 is 10.1 Å². The van der Waals surface area contributed by atoms with Gasteiger partial charge in [-0.15, -0.1) is 0 Å². The summed E-state index contributed by atoms with van der Waals surface area (Å²) in [6.45, 7) is 13.5. The van der Waals surface area contributed by atoms with Gasteiger partial charge in [0.15, 0.2) is 0 Å². The molecule has 0 spiro atoms. The molecule has 0 aromatic heterocycles. The van der Waals surface area contributed by atoms with Gasteiger partial charge >= 0.3 is 0 Å². The van der Waals surface area contributed by atoms with Crippen LogP contribution in [-0.2, 0) is 10.1 Å². The number of nitrogens with zero attached hydrogens (tertiary/aromatic N) is 1. The van der Waals surface area contributed by atoms with Crippen molar-refractivity contribution in [2.75, 3.05) is 19.6 Å². The Kier molecular flexibility index (Phi) is 7.10. The first kappa shape index (κ1) is 23.0. The molecule has 0 amide bonds. The van der Waals surface area contributed by atoms with Crippen molar-refractivity contribution in [3.05, 3.63) is 46.7 Å². The molecule has 0 saturated carbocycles. The van der Waals surface area contributed by atoms with E-state index in [1.165, 1.54) is 50.1 Å². The molecule has 0 bridgehead atoms.